The van der Waals surface area contributed by atoms with E-state index in [-0.39, 0.29) is 23.5 Å². The van der Waals surface area contributed by atoms with Crippen molar-refractivity contribution in [2.75, 3.05) is 24.5 Å². The number of aromatic hydroxyl groups is 1. The Morgan fingerprint density at radius 3 is 2.59 bits per heavy atom. The first-order valence-electron chi connectivity index (χ1n) is 9.41. The van der Waals surface area contributed by atoms with Gasteiger partial charge >= 0.3 is 0 Å². The molecule has 6 nitrogen and oxygen atoms in total. The minimum absolute atomic E-state index is 0.131. The average molecular weight is 375 g/mol. The second-order valence-electron chi connectivity index (χ2n) is 7.25. The monoisotopic (exact) mass is 375 g/mol. The smallest absolute Gasteiger partial charge is 0.248 e. The van der Waals surface area contributed by atoms with Crippen molar-refractivity contribution in [1.82, 2.24) is 10.2 Å². The van der Waals surface area contributed by atoms with Gasteiger partial charge in [0, 0.05) is 37.3 Å². The molecule has 3 aliphatic heterocycles. The molecule has 1 aromatic rings. The van der Waals surface area contributed by atoms with Crippen molar-refractivity contribution in [3.63, 3.8) is 0 Å². The summed E-state index contributed by atoms with van der Waals surface area (Å²) in [6, 6.07) is 3.83. The summed E-state index contributed by atoms with van der Waals surface area (Å²) in [6.07, 6.45) is 4.10. The molecule has 146 valence electrons. The Bertz CT molecular complexity index is 757. The number of amides is 2. The van der Waals surface area contributed by atoms with Crippen LogP contribution in [0.1, 0.15) is 33.1 Å². The number of hydrogen-bond donors (Lipinski definition) is 2. The summed E-state index contributed by atoms with van der Waals surface area (Å²) in [6.45, 7) is 6.25. The predicted molar refractivity (Wildman–Crippen MR) is 101 cm³/mol. The number of phenols is 1. The Hall–Kier alpha value is -2.41. The number of hydrogen-bond acceptors (Lipinski definition) is 4. The maximum atomic E-state index is 13.7. The fraction of sp³-hybridized carbons (Fsp3) is 0.500. The molecule has 7 heteroatoms. The Labute approximate surface area is 158 Å². The Balaban J connectivity index is 1.78. The number of rotatable bonds is 5. The molecule has 1 aromatic carbocycles. The molecule has 3 saturated heterocycles. The van der Waals surface area contributed by atoms with Gasteiger partial charge < -0.3 is 15.3 Å². The molecule has 3 fully saturated rings. The third-order valence-electron chi connectivity index (χ3n) is 5.48. The largest absolute Gasteiger partial charge is 0.505 e. The molecule has 3 heterocycles. The summed E-state index contributed by atoms with van der Waals surface area (Å²) in [7, 11) is 0. The van der Waals surface area contributed by atoms with Crippen molar-refractivity contribution < 1.29 is 19.1 Å². The summed E-state index contributed by atoms with van der Waals surface area (Å²) < 4.78 is 13.7. The van der Waals surface area contributed by atoms with E-state index in [9.17, 15) is 19.1 Å². The van der Waals surface area contributed by atoms with Gasteiger partial charge in [-0.3, -0.25) is 14.5 Å². The molecule has 0 aliphatic carbocycles. The second-order valence-corrected chi connectivity index (χ2v) is 7.25. The van der Waals surface area contributed by atoms with Crippen molar-refractivity contribution in [3.8, 4) is 5.75 Å². The SMILES string of the molecule is CC/C(=C\N(C(C)=O)c1ccc(O)c(F)c1)C(=O)NC1CN2CCC1CC2. The molecule has 2 amide bonds. The van der Waals surface area contributed by atoms with Crippen LogP contribution in [0.2, 0.25) is 0 Å². The number of piperidine rings is 3. The van der Waals surface area contributed by atoms with Crippen molar-refractivity contribution in [2.24, 2.45) is 5.92 Å². The van der Waals surface area contributed by atoms with Gasteiger partial charge in [-0.15, -0.1) is 0 Å². The van der Waals surface area contributed by atoms with Gasteiger partial charge in [0.25, 0.3) is 0 Å². The Morgan fingerprint density at radius 1 is 1.37 bits per heavy atom. The maximum Gasteiger partial charge on any atom is 0.248 e. The third kappa shape index (κ3) is 4.30. The van der Waals surface area contributed by atoms with E-state index >= 15 is 0 Å². The van der Waals surface area contributed by atoms with Gasteiger partial charge in [-0.1, -0.05) is 6.92 Å². The van der Waals surface area contributed by atoms with Crippen LogP contribution in [-0.2, 0) is 9.59 Å². The highest BCUT2D eigenvalue weighted by Gasteiger charge is 2.35. The number of carbonyl (C=O) groups is 2. The number of phenolic OH excluding ortho intramolecular Hbond substituents is 1. The maximum absolute atomic E-state index is 13.7. The van der Waals surface area contributed by atoms with Crippen LogP contribution in [-0.4, -0.2) is 47.5 Å². The normalized spacial score (nSPS) is 24.6. The Kier molecular flexibility index (Phi) is 5.79. The molecule has 1 atom stereocenters. The number of benzene rings is 1. The zero-order chi connectivity index (χ0) is 19.6. The van der Waals surface area contributed by atoms with Crippen molar-refractivity contribution in [3.05, 3.63) is 35.8 Å². The molecule has 0 spiro atoms. The molecule has 0 aromatic heterocycles. The molecular weight excluding hydrogens is 349 g/mol. The first kappa shape index (κ1) is 19.4. The van der Waals surface area contributed by atoms with Crippen LogP contribution in [0.3, 0.4) is 0 Å². The topological polar surface area (TPSA) is 72.9 Å². The molecule has 4 rings (SSSR count). The molecule has 2 N–H and O–H groups in total. The van der Waals surface area contributed by atoms with Crippen LogP contribution in [0, 0.1) is 11.7 Å². The minimum Gasteiger partial charge on any atom is -0.505 e. The fourth-order valence-electron chi connectivity index (χ4n) is 3.85. The van der Waals surface area contributed by atoms with Crippen LogP contribution in [0.5, 0.6) is 5.75 Å². The zero-order valence-corrected chi connectivity index (χ0v) is 15.7. The molecule has 0 saturated carbocycles. The number of halogens is 1. The second kappa shape index (κ2) is 8.08. The fourth-order valence-corrected chi connectivity index (χ4v) is 3.85. The van der Waals surface area contributed by atoms with E-state index < -0.39 is 11.6 Å². The van der Waals surface area contributed by atoms with E-state index in [4.69, 9.17) is 0 Å². The lowest BCUT2D eigenvalue weighted by molar-refractivity contribution is -0.119. The van der Waals surface area contributed by atoms with Crippen molar-refractivity contribution in [1.29, 1.82) is 0 Å². The van der Waals surface area contributed by atoms with Crippen LogP contribution < -0.4 is 10.2 Å². The van der Waals surface area contributed by atoms with Gasteiger partial charge in [-0.2, -0.15) is 0 Å². The number of anilines is 1. The van der Waals surface area contributed by atoms with Crippen LogP contribution in [0.4, 0.5) is 10.1 Å². The summed E-state index contributed by atoms with van der Waals surface area (Å²) >= 11 is 0. The number of fused-ring (bicyclic) bond motifs is 3. The lowest BCUT2D eigenvalue weighted by Gasteiger charge is -2.45. The quantitative estimate of drug-likeness (QED) is 0.775. The van der Waals surface area contributed by atoms with Crippen LogP contribution in [0.25, 0.3) is 0 Å². The first-order valence-corrected chi connectivity index (χ1v) is 9.41. The summed E-state index contributed by atoms with van der Waals surface area (Å²) in [5.41, 5.74) is 0.717. The third-order valence-corrected chi connectivity index (χ3v) is 5.48. The van der Waals surface area contributed by atoms with Crippen molar-refractivity contribution in [2.45, 2.75) is 39.2 Å². The van der Waals surface area contributed by atoms with Gasteiger partial charge in [0.05, 0.1) is 5.69 Å². The van der Waals surface area contributed by atoms with Crippen LogP contribution in [0.15, 0.2) is 30.0 Å². The highest BCUT2D eigenvalue weighted by atomic mass is 19.1. The van der Waals surface area contributed by atoms with Gasteiger partial charge in [0.1, 0.15) is 0 Å². The van der Waals surface area contributed by atoms with Gasteiger partial charge in [0.15, 0.2) is 11.6 Å². The van der Waals surface area contributed by atoms with Gasteiger partial charge in [-0.05, 0) is 50.4 Å². The average Bonchev–Trinajstić information content (AvgIpc) is 2.65. The molecular formula is C20H26FN3O3. The molecule has 0 radical (unpaired) electrons. The summed E-state index contributed by atoms with van der Waals surface area (Å²) in [4.78, 5) is 28.4. The number of carbonyl (C=O) groups excluding carboxylic acids is 2. The lowest BCUT2D eigenvalue weighted by Crippen LogP contribution is -2.57. The molecule has 1 unspecified atom stereocenters. The summed E-state index contributed by atoms with van der Waals surface area (Å²) in [5, 5.41) is 12.5. The van der Waals surface area contributed by atoms with E-state index in [1.54, 1.807) is 0 Å². The predicted octanol–water partition coefficient (Wildman–Crippen LogP) is 2.39. The van der Waals surface area contributed by atoms with E-state index in [2.05, 4.69) is 10.2 Å². The highest BCUT2D eigenvalue weighted by Crippen LogP contribution is 2.28. The van der Waals surface area contributed by atoms with Crippen molar-refractivity contribution >= 4 is 17.5 Å². The highest BCUT2D eigenvalue weighted by molar-refractivity contribution is 5.98. The summed E-state index contributed by atoms with van der Waals surface area (Å²) in [5.74, 6) is -1.33. The lowest BCUT2D eigenvalue weighted by atomic mass is 9.84. The molecule has 27 heavy (non-hydrogen) atoms. The van der Waals surface area contributed by atoms with Gasteiger partial charge in [0.2, 0.25) is 11.8 Å². The van der Waals surface area contributed by atoms with Gasteiger partial charge in [-0.25, -0.2) is 4.39 Å². The Morgan fingerprint density at radius 2 is 2.07 bits per heavy atom. The van der Waals surface area contributed by atoms with E-state index in [0.29, 0.717) is 17.9 Å². The number of nitrogens with zero attached hydrogens (tertiary/aromatic N) is 2. The zero-order valence-electron chi connectivity index (χ0n) is 15.7. The van der Waals surface area contributed by atoms with Crippen LogP contribution >= 0.6 is 0 Å². The molecule has 3 aliphatic rings. The molecule has 2 bridgehead atoms. The minimum atomic E-state index is -0.818. The number of nitrogens with one attached hydrogen (secondary N) is 1. The van der Waals surface area contributed by atoms with E-state index in [1.807, 2.05) is 6.92 Å². The van der Waals surface area contributed by atoms with E-state index in [1.165, 1.54) is 30.2 Å². The standard InChI is InChI=1S/C20H26FN3O3/c1-3-14(20(27)22-18-12-23-8-6-15(18)7-9-23)11-24(13(2)25)16-4-5-19(26)17(21)10-16/h4-5,10-11,15,18,26H,3,6-9,12H2,1-2H3,(H,22,27)/b14-11+. The first-order chi connectivity index (χ1) is 12.9. The van der Waals surface area contributed by atoms with E-state index in [0.717, 1.165) is 38.5 Å².